The van der Waals surface area contributed by atoms with Crippen LogP contribution in [-0.2, 0) is 43.0 Å². The molecule has 2 amide bonds. The molecule has 2 rings (SSSR count). The van der Waals surface area contributed by atoms with Gasteiger partial charge in [-0.15, -0.1) is 23.4 Å². The van der Waals surface area contributed by atoms with E-state index in [2.05, 4.69) is 20.0 Å². The Kier molecular flexibility index (Phi) is 9.94. The number of ketones is 1. The van der Waals surface area contributed by atoms with Crippen LogP contribution in [-0.4, -0.2) is 104 Å². The van der Waals surface area contributed by atoms with Crippen LogP contribution in [0.3, 0.4) is 0 Å². The number of amides is 2. The maximum atomic E-state index is 12.9. The highest BCUT2D eigenvalue weighted by molar-refractivity contribution is 8.00. The Morgan fingerprint density at radius 3 is 2.59 bits per heavy atom. The number of methoxy groups -OCH3 is 1. The quantitative estimate of drug-likeness (QED) is 0.0732. The zero-order chi connectivity index (χ0) is 25.5. The van der Waals surface area contributed by atoms with Crippen LogP contribution in [0.15, 0.2) is 5.16 Å². The van der Waals surface area contributed by atoms with Crippen molar-refractivity contribution in [2.24, 2.45) is 10.6 Å². The highest BCUT2D eigenvalue weighted by Gasteiger charge is 2.58. The number of fused-ring (bicyclic) bond motifs is 1. The standard InChI is InChI=1S/C19H26ClN3O10S/c1-5-31-18(28)33-10(2)32-17(27)19(8-29-3)7-23-15(26)13(16(23)34-9-19)21-14(25)12(22-30-4)11(24)6-20/h10,13,16H,5-9H2,1-4H3,(H,21,25)/t10?,13?,16-,19?/m1/s1. The number of halogens is 1. The molecule has 34 heavy (non-hydrogen) atoms. The lowest BCUT2D eigenvalue weighted by Gasteiger charge is -2.53. The Morgan fingerprint density at radius 2 is 2.00 bits per heavy atom. The van der Waals surface area contributed by atoms with Crippen LogP contribution in [0.4, 0.5) is 4.79 Å². The lowest BCUT2D eigenvalue weighted by atomic mass is 9.88. The Labute approximate surface area is 204 Å². The van der Waals surface area contributed by atoms with Gasteiger partial charge >= 0.3 is 12.1 Å². The number of alkyl halides is 1. The van der Waals surface area contributed by atoms with Crippen molar-refractivity contribution in [3.8, 4) is 0 Å². The number of ether oxygens (including phenoxy) is 4. The van der Waals surface area contributed by atoms with Crippen LogP contribution in [0, 0.1) is 5.41 Å². The van der Waals surface area contributed by atoms with Gasteiger partial charge in [-0.2, -0.15) is 0 Å². The molecule has 0 aromatic rings. The second-order valence-corrected chi connectivity index (χ2v) is 8.66. The molecule has 4 atom stereocenters. The number of carbonyl (C=O) groups is 5. The number of hydrogen-bond donors (Lipinski definition) is 1. The second kappa shape index (κ2) is 12.2. The molecular formula is C19H26ClN3O10S. The van der Waals surface area contributed by atoms with Gasteiger partial charge in [0.15, 0.2) is 0 Å². The first-order valence-corrected chi connectivity index (χ1v) is 11.7. The van der Waals surface area contributed by atoms with E-state index in [4.69, 9.17) is 25.8 Å². The zero-order valence-electron chi connectivity index (χ0n) is 19.0. The van der Waals surface area contributed by atoms with Gasteiger partial charge < -0.3 is 34.0 Å². The fourth-order valence-electron chi connectivity index (χ4n) is 3.34. The molecule has 190 valence electrons. The normalized spacial score (nSPS) is 24.8. The van der Waals surface area contributed by atoms with Gasteiger partial charge in [-0.1, -0.05) is 5.16 Å². The fourth-order valence-corrected chi connectivity index (χ4v) is 4.99. The number of esters is 1. The summed E-state index contributed by atoms with van der Waals surface area (Å²) in [6, 6.07) is -0.940. The third kappa shape index (κ3) is 6.10. The molecule has 0 spiro atoms. The van der Waals surface area contributed by atoms with Crippen LogP contribution < -0.4 is 5.32 Å². The molecule has 0 radical (unpaired) electrons. The Hall–Kier alpha value is -2.58. The molecule has 0 aromatic carbocycles. The SMILES string of the molecule is CCOC(=O)OC(C)OC(=O)C1(COC)CS[C@@H]2C(NC(=O)C(=NOC)C(=O)CCl)C(=O)N2C1. The van der Waals surface area contributed by atoms with Gasteiger partial charge in [0, 0.05) is 26.3 Å². The van der Waals surface area contributed by atoms with Crippen molar-refractivity contribution in [3.63, 3.8) is 0 Å². The molecule has 2 aliphatic rings. The monoisotopic (exact) mass is 523 g/mol. The molecule has 15 heteroatoms. The first kappa shape index (κ1) is 27.7. The van der Waals surface area contributed by atoms with Gasteiger partial charge in [0.25, 0.3) is 5.91 Å². The minimum Gasteiger partial charge on any atom is -0.435 e. The molecule has 0 aromatic heterocycles. The molecule has 0 saturated carbocycles. The number of carbonyl (C=O) groups excluding carboxylic acids is 5. The lowest BCUT2D eigenvalue weighted by Crippen LogP contribution is -2.74. The Morgan fingerprint density at radius 1 is 1.29 bits per heavy atom. The van der Waals surface area contributed by atoms with Gasteiger partial charge in [0.2, 0.25) is 23.7 Å². The van der Waals surface area contributed by atoms with Crippen LogP contribution in [0.1, 0.15) is 13.8 Å². The van der Waals surface area contributed by atoms with Gasteiger partial charge in [0.05, 0.1) is 19.1 Å². The topological polar surface area (TPSA) is 159 Å². The minimum absolute atomic E-state index is 0.0473. The summed E-state index contributed by atoms with van der Waals surface area (Å²) in [4.78, 5) is 67.3. The number of hydrogen-bond acceptors (Lipinski definition) is 12. The van der Waals surface area contributed by atoms with Gasteiger partial charge in [0.1, 0.15) is 23.9 Å². The fraction of sp³-hybridized carbons (Fsp3) is 0.684. The van der Waals surface area contributed by atoms with Crippen molar-refractivity contribution in [2.75, 3.05) is 45.6 Å². The molecule has 0 bridgehead atoms. The average molecular weight is 524 g/mol. The number of Topliss-reactive ketones (excluding diaryl/α,β-unsaturated/α-hetero) is 1. The number of β-lactam (4-membered cyclic amide) rings is 1. The average Bonchev–Trinajstić information content (AvgIpc) is 2.80. The third-order valence-corrected chi connectivity index (χ3v) is 6.70. The zero-order valence-corrected chi connectivity index (χ0v) is 20.6. The Balaban J connectivity index is 2.06. The molecule has 2 aliphatic heterocycles. The predicted octanol–water partition coefficient (Wildman–Crippen LogP) is -0.108. The van der Waals surface area contributed by atoms with Gasteiger partial charge in [-0.3, -0.25) is 19.2 Å². The first-order valence-electron chi connectivity index (χ1n) is 10.1. The molecule has 3 unspecified atom stereocenters. The number of oxime groups is 1. The van der Waals surface area contributed by atoms with E-state index >= 15 is 0 Å². The van der Waals surface area contributed by atoms with E-state index in [1.807, 2.05) is 0 Å². The number of rotatable bonds is 11. The summed E-state index contributed by atoms with van der Waals surface area (Å²) in [5.74, 6) is -3.15. The highest BCUT2D eigenvalue weighted by atomic mass is 35.5. The molecule has 2 heterocycles. The lowest BCUT2D eigenvalue weighted by molar-refractivity contribution is -0.185. The summed E-state index contributed by atoms with van der Waals surface area (Å²) >= 11 is 6.71. The molecule has 2 saturated heterocycles. The maximum absolute atomic E-state index is 12.9. The van der Waals surface area contributed by atoms with Crippen molar-refractivity contribution in [1.82, 2.24) is 10.2 Å². The Bertz CT molecular complexity index is 856. The first-order chi connectivity index (χ1) is 16.1. The number of nitrogens with one attached hydrogen (secondary N) is 1. The van der Waals surface area contributed by atoms with Crippen LogP contribution >= 0.6 is 23.4 Å². The smallest absolute Gasteiger partial charge is 0.435 e. The van der Waals surface area contributed by atoms with E-state index in [9.17, 15) is 24.0 Å². The van der Waals surface area contributed by atoms with Gasteiger partial charge in [-0.05, 0) is 6.92 Å². The largest absolute Gasteiger partial charge is 0.511 e. The van der Waals surface area contributed by atoms with Crippen LogP contribution in [0.2, 0.25) is 0 Å². The number of thioether (sulfide) groups is 1. The van der Waals surface area contributed by atoms with E-state index in [0.29, 0.717) is 0 Å². The summed E-state index contributed by atoms with van der Waals surface area (Å²) in [6.45, 7) is 2.94. The summed E-state index contributed by atoms with van der Waals surface area (Å²) in [5.41, 5.74) is -1.79. The predicted molar refractivity (Wildman–Crippen MR) is 118 cm³/mol. The maximum Gasteiger partial charge on any atom is 0.511 e. The second-order valence-electron chi connectivity index (χ2n) is 7.29. The molecular weight excluding hydrogens is 498 g/mol. The number of nitrogens with zero attached hydrogens (tertiary/aromatic N) is 2. The van der Waals surface area contributed by atoms with E-state index < -0.39 is 64.4 Å². The summed E-state index contributed by atoms with van der Waals surface area (Å²) < 4.78 is 20.0. The van der Waals surface area contributed by atoms with Crippen LogP contribution in [0.5, 0.6) is 0 Å². The molecule has 1 N–H and O–H groups in total. The van der Waals surface area contributed by atoms with Crippen LogP contribution in [0.25, 0.3) is 0 Å². The third-order valence-electron chi connectivity index (χ3n) is 4.87. The molecule has 0 aliphatic carbocycles. The summed E-state index contributed by atoms with van der Waals surface area (Å²) in [7, 11) is 2.56. The summed E-state index contributed by atoms with van der Waals surface area (Å²) in [6.07, 6.45) is -2.21. The highest BCUT2D eigenvalue weighted by Crippen LogP contribution is 2.43. The van der Waals surface area contributed by atoms with E-state index in [1.54, 1.807) is 6.92 Å². The van der Waals surface area contributed by atoms with Crippen molar-refractivity contribution in [1.29, 1.82) is 0 Å². The van der Waals surface area contributed by atoms with Crippen molar-refractivity contribution >= 4 is 58.8 Å². The van der Waals surface area contributed by atoms with Gasteiger partial charge in [-0.25, -0.2) is 4.79 Å². The van der Waals surface area contributed by atoms with E-state index in [1.165, 1.54) is 30.7 Å². The van der Waals surface area contributed by atoms with Crippen molar-refractivity contribution < 1.29 is 47.8 Å². The van der Waals surface area contributed by atoms with E-state index in [-0.39, 0.29) is 25.5 Å². The van der Waals surface area contributed by atoms with Crippen molar-refractivity contribution in [2.45, 2.75) is 31.6 Å². The van der Waals surface area contributed by atoms with E-state index in [0.717, 1.165) is 7.11 Å². The minimum atomic E-state index is -1.23. The molecule has 2 fully saturated rings. The summed E-state index contributed by atoms with van der Waals surface area (Å²) in [5, 5.41) is 5.35. The molecule has 13 nitrogen and oxygen atoms in total. The van der Waals surface area contributed by atoms with Crippen molar-refractivity contribution in [3.05, 3.63) is 0 Å².